The summed E-state index contributed by atoms with van der Waals surface area (Å²) in [4.78, 5) is 47.9. The van der Waals surface area contributed by atoms with Gasteiger partial charge in [-0.1, -0.05) is 6.07 Å². The molecule has 1 saturated carbocycles. The number of nitrogens with one attached hydrogen (secondary N) is 3. The molecule has 3 N–H and O–H groups in total. The molecule has 0 spiro atoms. The third-order valence-electron chi connectivity index (χ3n) is 4.62. The van der Waals surface area contributed by atoms with Crippen LogP contribution in [0, 0.1) is 0 Å². The molecule has 1 aliphatic rings. The van der Waals surface area contributed by atoms with Gasteiger partial charge in [-0.15, -0.1) is 0 Å². The molecule has 4 amide bonds. The molecule has 0 bridgehead atoms. The molecule has 1 atom stereocenters. The first kappa shape index (κ1) is 23.6. The molecule has 3 rings (SSSR count). The minimum absolute atomic E-state index is 0.101. The molecule has 10 nitrogen and oxygen atoms in total. The van der Waals surface area contributed by atoms with Crippen LogP contribution in [0.4, 0.5) is 10.5 Å². The van der Waals surface area contributed by atoms with E-state index in [2.05, 4.69) is 16.0 Å². The second-order valence-corrected chi connectivity index (χ2v) is 7.38. The van der Waals surface area contributed by atoms with Crippen LogP contribution >= 0.6 is 0 Å². The fourth-order valence-corrected chi connectivity index (χ4v) is 2.68. The summed E-state index contributed by atoms with van der Waals surface area (Å²) >= 11 is 0. The van der Waals surface area contributed by atoms with Crippen molar-refractivity contribution in [1.29, 1.82) is 0 Å². The number of imide groups is 1. The Morgan fingerprint density at radius 2 is 1.76 bits per heavy atom. The average molecular weight is 455 g/mol. The van der Waals surface area contributed by atoms with E-state index < -0.39 is 24.0 Å². The Balaban J connectivity index is 1.43. The number of carbonyl (C=O) groups is 4. The van der Waals surface area contributed by atoms with E-state index in [1.54, 1.807) is 24.3 Å². The summed E-state index contributed by atoms with van der Waals surface area (Å²) < 4.78 is 15.6. The van der Waals surface area contributed by atoms with E-state index in [0.717, 1.165) is 12.8 Å². The van der Waals surface area contributed by atoms with Crippen molar-refractivity contribution in [1.82, 2.24) is 10.6 Å². The first-order valence-electron chi connectivity index (χ1n) is 10.3. The van der Waals surface area contributed by atoms with Gasteiger partial charge in [0.25, 0.3) is 11.8 Å². The fourth-order valence-electron chi connectivity index (χ4n) is 2.68. The lowest BCUT2D eigenvalue weighted by Gasteiger charge is -2.13. The Kier molecular flexibility index (Phi) is 7.85. The topological polar surface area (TPSA) is 132 Å². The summed E-state index contributed by atoms with van der Waals surface area (Å²) in [5.41, 5.74) is 0.759. The van der Waals surface area contributed by atoms with E-state index in [-0.39, 0.29) is 24.1 Å². The van der Waals surface area contributed by atoms with Crippen LogP contribution in [-0.2, 0) is 14.3 Å². The molecule has 1 unspecified atom stereocenters. The molecule has 0 aliphatic heterocycles. The van der Waals surface area contributed by atoms with Crippen LogP contribution in [-0.4, -0.2) is 49.7 Å². The second kappa shape index (κ2) is 11.0. The van der Waals surface area contributed by atoms with E-state index in [9.17, 15) is 19.2 Å². The number of methoxy groups -OCH3 is 1. The third-order valence-corrected chi connectivity index (χ3v) is 4.62. The smallest absolute Gasteiger partial charge is 0.338 e. The van der Waals surface area contributed by atoms with E-state index in [4.69, 9.17) is 14.2 Å². The molecule has 33 heavy (non-hydrogen) atoms. The van der Waals surface area contributed by atoms with Gasteiger partial charge < -0.3 is 24.8 Å². The van der Waals surface area contributed by atoms with Gasteiger partial charge in [-0.3, -0.25) is 14.9 Å². The van der Waals surface area contributed by atoms with E-state index in [0.29, 0.717) is 17.2 Å². The van der Waals surface area contributed by atoms with Gasteiger partial charge in [0.2, 0.25) is 0 Å². The molecule has 2 aromatic rings. The molecular formula is C23H25N3O7. The standard InChI is InChI=1S/C23H25N3O7/c1-14(21(28)26-23(30)25-16-8-9-16)33-22(29)15-6-10-18(11-7-15)32-13-20(27)24-17-4-3-5-19(12-17)31-2/h3-7,10-12,14,16H,8-9,13H2,1-2H3,(H,24,27)(H2,25,26,28,30). The largest absolute Gasteiger partial charge is 0.497 e. The van der Waals surface area contributed by atoms with Gasteiger partial charge in [0, 0.05) is 17.8 Å². The molecule has 10 heteroatoms. The molecule has 1 aliphatic carbocycles. The van der Waals surface area contributed by atoms with Crippen LogP contribution in [0.5, 0.6) is 11.5 Å². The van der Waals surface area contributed by atoms with Gasteiger partial charge in [-0.2, -0.15) is 0 Å². The maximum absolute atomic E-state index is 12.2. The highest BCUT2D eigenvalue weighted by Crippen LogP contribution is 2.18. The van der Waals surface area contributed by atoms with Crippen molar-refractivity contribution in [2.45, 2.75) is 31.9 Å². The first-order chi connectivity index (χ1) is 15.8. The number of ether oxygens (including phenoxy) is 3. The monoisotopic (exact) mass is 455 g/mol. The van der Waals surface area contributed by atoms with Crippen LogP contribution in [0.1, 0.15) is 30.1 Å². The number of hydrogen-bond donors (Lipinski definition) is 3. The van der Waals surface area contributed by atoms with Crippen molar-refractivity contribution in [2.75, 3.05) is 19.0 Å². The van der Waals surface area contributed by atoms with Gasteiger partial charge in [-0.05, 0) is 56.2 Å². The lowest BCUT2D eigenvalue weighted by atomic mass is 10.2. The minimum Gasteiger partial charge on any atom is -0.497 e. The van der Waals surface area contributed by atoms with Gasteiger partial charge in [0.1, 0.15) is 11.5 Å². The Morgan fingerprint density at radius 1 is 1.03 bits per heavy atom. The van der Waals surface area contributed by atoms with Crippen LogP contribution in [0.15, 0.2) is 48.5 Å². The van der Waals surface area contributed by atoms with Gasteiger partial charge in [-0.25, -0.2) is 9.59 Å². The van der Waals surface area contributed by atoms with Gasteiger partial charge in [0.05, 0.1) is 12.7 Å². The summed E-state index contributed by atoms with van der Waals surface area (Å²) in [5.74, 6) is -0.831. The summed E-state index contributed by atoms with van der Waals surface area (Å²) in [6.45, 7) is 1.14. The number of esters is 1. The Bertz CT molecular complexity index is 1020. The zero-order valence-corrected chi connectivity index (χ0v) is 18.3. The van der Waals surface area contributed by atoms with Gasteiger partial charge in [0.15, 0.2) is 12.7 Å². The maximum Gasteiger partial charge on any atom is 0.338 e. The number of amides is 4. The lowest BCUT2D eigenvalue weighted by Crippen LogP contribution is -2.45. The lowest BCUT2D eigenvalue weighted by molar-refractivity contribution is -0.127. The Hall–Kier alpha value is -4.08. The SMILES string of the molecule is COc1cccc(NC(=O)COc2ccc(C(=O)OC(C)C(=O)NC(=O)NC3CC3)cc2)c1. The molecule has 0 heterocycles. The summed E-state index contributed by atoms with van der Waals surface area (Å²) in [6.07, 6.45) is 0.621. The Morgan fingerprint density at radius 3 is 2.42 bits per heavy atom. The number of carbonyl (C=O) groups excluding carboxylic acids is 4. The minimum atomic E-state index is -1.15. The van der Waals surface area contributed by atoms with Crippen LogP contribution in [0.25, 0.3) is 0 Å². The second-order valence-electron chi connectivity index (χ2n) is 7.38. The first-order valence-corrected chi connectivity index (χ1v) is 10.3. The highest BCUT2D eigenvalue weighted by atomic mass is 16.5. The van der Waals surface area contributed by atoms with Crippen molar-refractivity contribution < 1.29 is 33.4 Å². The molecule has 0 saturated heterocycles. The van der Waals surface area contributed by atoms with Crippen molar-refractivity contribution in [3.63, 3.8) is 0 Å². The predicted octanol–water partition coefficient (Wildman–Crippen LogP) is 2.25. The highest BCUT2D eigenvalue weighted by Gasteiger charge is 2.26. The van der Waals surface area contributed by atoms with E-state index in [1.807, 2.05) is 0 Å². The number of urea groups is 1. The molecule has 2 aromatic carbocycles. The van der Waals surface area contributed by atoms with Crippen molar-refractivity contribution in [3.05, 3.63) is 54.1 Å². The van der Waals surface area contributed by atoms with E-state index in [1.165, 1.54) is 38.3 Å². The molecule has 0 aromatic heterocycles. The third kappa shape index (κ3) is 7.53. The zero-order chi connectivity index (χ0) is 23.8. The normalized spacial score (nSPS) is 13.3. The zero-order valence-electron chi connectivity index (χ0n) is 18.3. The Labute approximate surface area is 190 Å². The van der Waals surface area contributed by atoms with E-state index >= 15 is 0 Å². The van der Waals surface area contributed by atoms with Crippen molar-refractivity contribution >= 4 is 29.5 Å². The van der Waals surface area contributed by atoms with Crippen LogP contribution < -0.4 is 25.4 Å². The van der Waals surface area contributed by atoms with Crippen molar-refractivity contribution in [3.8, 4) is 11.5 Å². The van der Waals surface area contributed by atoms with Gasteiger partial charge >= 0.3 is 12.0 Å². The van der Waals surface area contributed by atoms with Crippen LogP contribution in [0.3, 0.4) is 0 Å². The number of benzene rings is 2. The quantitative estimate of drug-likeness (QED) is 0.494. The fraction of sp³-hybridized carbons (Fsp3) is 0.304. The predicted molar refractivity (Wildman–Crippen MR) is 118 cm³/mol. The van der Waals surface area contributed by atoms with Crippen molar-refractivity contribution in [2.24, 2.45) is 0 Å². The highest BCUT2D eigenvalue weighted by molar-refractivity contribution is 5.98. The summed E-state index contributed by atoms with van der Waals surface area (Å²) in [7, 11) is 1.54. The maximum atomic E-state index is 12.2. The number of anilines is 1. The molecule has 0 radical (unpaired) electrons. The number of hydrogen-bond acceptors (Lipinski definition) is 7. The number of rotatable bonds is 9. The molecule has 1 fully saturated rings. The molecule has 174 valence electrons. The summed E-state index contributed by atoms with van der Waals surface area (Å²) in [5, 5.41) is 7.44. The van der Waals surface area contributed by atoms with Crippen LogP contribution in [0.2, 0.25) is 0 Å². The molecular weight excluding hydrogens is 430 g/mol. The summed E-state index contributed by atoms with van der Waals surface area (Å²) in [6, 6.07) is 12.3. The average Bonchev–Trinajstić information content (AvgIpc) is 3.61.